The number of phenolic OH excluding ortho intramolecular Hbond substituents is 1. The number of rotatable bonds is 2. The van der Waals surface area contributed by atoms with Crippen molar-refractivity contribution < 1.29 is 9.84 Å². The molecule has 0 spiro atoms. The predicted molar refractivity (Wildman–Crippen MR) is 76.5 cm³/mol. The Morgan fingerprint density at radius 1 is 0.789 bits per heavy atom. The molecule has 94 valence electrons. The van der Waals surface area contributed by atoms with Crippen LogP contribution in [0.25, 0.3) is 10.8 Å². The van der Waals surface area contributed by atoms with Crippen LogP contribution in [0.4, 0.5) is 5.69 Å². The molecule has 0 bridgehead atoms. The summed E-state index contributed by atoms with van der Waals surface area (Å²) in [4.78, 5) is 0. The first-order chi connectivity index (χ1) is 9.22. The molecule has 0 aliphatic rings. The van der Waals surface area contributed by atoms with Gasteiger partial charge in [0, 0.05) is 6.07 Å². The normalized spacial score (nSPS) is 10.5. The molecular weight excluding hydrogens is 238 g/mol. The highest BCUT2D eigenvalue weighted by Crippen LogP contribution is 2.30. The Hall–Kier alpha value is -2.68. The summed E-state index contributed by atoms with van der Waals surface area (Å²) in [6.07, 6.45) is 0. The van der Waals surface area contributed by atoms with Gasteiger partial charge in [-0.15, -0.1) is 0 Å². The number of anilines is 1. The van der Waals surface area contributed by atoms with Gasteiger partial charge in [0.25, 0.3) is 0 Å². The Morgan fingerprint density at radius 3 is 2.26 bits per heavy atom. The number of ether oxygens (including phenoxy) is 1. The average Bonchev–Trinajstić information content (AvgIpc) is 2.43. The SMILES string of the molecule is Nc1ccc(Oc2ccc3ccccc3c2)cc1O. The fraction of sp³-hybridized carbons (Fsp3) is 0. The van der Waals surface area contributed by atoms with Gasteiger partial charge in [-0.3, -0.25) is 0 Å². The van der Waals surface area contributed by atoms with Crippen LogP contribution in [0, 0.1) is 0 Å². The monoisotopic (exact) mass is 251 g/mol. The number of hydrogen-bond donors (Lipinski definition) is 2. The molecule has 3 heteroatoms. The van der Waals surface area contributed by atoms with E-state index in [0.717, 1.165) is 16.5 Å². The molecule has 3 aromatic rings. The Balaban J connectivity index is 1.94. The molecule has 3 aromatic carbocycles. The second-order valence-electron chi connectivity index (χ2n) is 4.33. The molecule has 0 fully saturated rings. The van der Waals surface area contributed by atoms with Crippen LogP contribution >= 0.6 is 0 Å². The number of hydrogen-bond acceptors (Lipinski definition) is 3. The van der Waals surface area contributed by atoms with Crippen LogP contribution in [0.15, 0.2) is 60.7 Å². The number of nitrogen functional groups attached to an aromatic ring is 1. The van der Waals surface area contributed by atoms with Gasteiger partial charge >= 0.3 is 0 Å². The van der Waals surface area contributed by atoms with Crippen LogP contribution in [-0.4, -0.2) is 5.11 Å². The molecule has 0 aliphatic carbocycles. The molecule has 3 rings (SSSR count). The van der Waals surface area contributed by atoms with Gasteiger partial charge in [-0.2, -0.15) is 0 Å². The molecule has 0 atom stereocenters. The minimum absolute atomic E-state index is 0.0262. The average molecular weight is 251 g/mol. The first-order valence-electron chi connectivity index (χ1n) is 5.97. The van der Waals surface area contributed by atoms with Crippen LogP contribution < -0.4 is 10.5 Å². The van der Waals surface area contributed by atoms with E-state index in [4.69, 9.17) is 10.5 Å². The molecule has 3 nitrogen and oxygen atoms in total. The summed E-state index contributed by atoms with van der Waals surface area (Å²) in [6.45, 7) is 0. The maximum Gasteiger partial charge on any atom is 0.142 e. The zero-order chi connectivity index (χ0) is 13.2. The fourth-order valence-electron chi connectivity index (χ4n) is 1.95. The molecule has 0 heterocycles. The molecule has 3 N–H and O–H groups in total. The smallest absolute Gasteiger partial charge is 0.142 e. The van der Waals surface area contributed by atoms with Gasteiger partial charge in [-0.1, -0.05) is 30.3 Å². The minimum Gasteiger partial charge on any atom is -0.506 e. The highest BCUT2D eigenvalue weighted by molar-refractivity contribution is 5.83. The summed E-state index contributed by atoms with van der Waals surface area (Å²) < 4.78 is 5.71. The summed E-state index contributed by atoms with van der Waals surface area (Å²) in [5.74, 6) is 1.31. The zero-order valence-electron chi connectivity index (χ0n) is 10.2. The summed E-state index contributed by atoms with van der Waals surface area (Å²) in [5.41, 5.74) is 5.89. The van der Waals surface area contributed by atoms with Crippen LogP contribution in [0.3, 0.4) is 0 Å². The standard InChI is InChI=1S/C16H13NO2/c17-15-8-7-14(10-16(15)18)19-13-6-5-11-3-1-2-4-12(11)9-13/h1-10,18H,17H2. The van der Waals surface area contributed by atoms with Crippen LogP contribution in [0.2, 0.25) is 0 Å². The van der Waals surface area contributed by atoms with Crippen molar-refractivity contribution in [3.8, 4) is 17.2 Å². The molecule has 0 unspecified atom stereocenters. The van der Waals surface area contributed by atoms with E-state index in [0.29, 0.717) is 11.4 Å². The summed E-state index contributed by atoms with van der Waals surface area (Å²) >= 11 is 0. The molecule has 19 heavy (non-hydrogen) atoms. The third-order valence-electron chi connectivity index (χ3n) is 2.96. The van der Waals surface area contributed by atoms with Gasteiger partial charge < -0.3 is 15.6 Å². The molecule has 0 amide bonds. The van der Waals surface area contributed by atoms with E-state index in [9.17, 15) is 5.11 Å². The predicted octanol–water partition coefficient (Wildman–Crippen LogP) is 3.92. The van der Waals surface area contributed by atoms with Crippen molar-refractivity contribution in [1.82, 2.24) is 0 Å². The highest BCUT2D eigenvalue weighted by Gasteiger charge is 2.02. The molecular formula is C16H13NO2. The Morgan fingerprint density at radius 2 is 1.47 bits per heavy atom. The van der Waals surface area contributed by atoms with Gasteiger partial charge in [0.2, 0.25) is 0 Å². The fourth-order valence-corrected chi connectivity index (χ4v) is 1.95. The molecule has 0 saturated heterocycles. The van der Waals surface area contributed by atoms with Crippen molar-refractivity contribution in [3.63, 3.8) is 0 Å². The van der Waals surface area contributed by atoms with E-state index >= 15 is 0 Å². The van der Waals surface area contributed by atoms with Crippen LogP contribution in [-0.2, 0) is 0 Å². The Labute approximate surface area is 110 Å². The van der Waals surface area contributed by atoms with E-state index in [2.05, 4.69) is 0 Å². The first-order valence-corrected chi connectivity index (χ1v) is 5.97. The van der Waals surface area contributed by atoms with E-state index in [1.54, 1.807) is 12.1 Å². The third kappa shape index (κ3) is 2.31. The van der Waals surface area contributed by atoms with Gasteiger partial charge in [0.1, 0.15) is 17.2 Å². The quantitative estimate of drug-likeness (QED) is 0.536. The lowest BCUT2D eigenvalue weighted by Gasteiger charge is -2.08. The third-order valence-corrected chi connectivity index (χ3v) is 2.96. The topological polar surface area (TPSA) is 55.5 Å². The second kappa shape index (κ2) is 4.53. The first kappa shape index (κ1) is 11.4. The molecule has 0 radical (unpaired) electrons. The number of phenols is 1. The Kier molecular flexibility index (Phi) is 2.72. The largest absolute Gasteiger partial charge is 0.506 e. The van der Waals surface area contributed by atoms with Gasteiger partial charge in [0.15, 0.2) is 0 Å². The van der Waals surface area contributed by atoms with Gasteiger partial charge in [-0.25, -0.2) is 0 Å². The van der Waals surface area contributed by atoms with Crippen LogP contribution in [0.1, 0.15) is 0 Å². The van der Waals surface area contributed by atoms with Crippen molar-refractivity contribution in [2.45, 2.75) is 0 Å². The van der Waals surface area contributed by atoms with Crippen molar-refractivity contribution in [1.29, 1.82) is 0 Å². The van der Waals surface area contributed by atoms with E-state index in [-0.39, 0.29) is 5.75 Å². The molecule has 0 aromatic heterocycles. The number of nitrogens with two attached hydrogens (primary N) is 1. The lowest BCUT2D eigenvalue weighted by Crippen LogP contribution is -1.88. The number of fused-ring (bicyclic) bond motifs is 1. The van der Waals surface area contributed by atoms with Gasteiger partial charge in [0.05, 0.1) is 5.69 Å². The van der Waals surface area contributed by atoms with Crippen molar-refractivity contribution in [2.24, 2.45) is 0 Å². The second-order valence-corrected chi connectivity index (χ2v) is 4.33. The minimum atomic E-state index is 0.0262. The van der Waals surface area contributed by atoms with Crippen molar-refractivity contribution >= 4 is 16.5 Å². The zero-order valence-corrected chi connectivity index (χ0v) is 10.2. The Bertz CT molecular complexity index is 738. The van der Waals surface area contributed by atoms with E-state index in [1.165, 1.54) is 6.07 Å². The van der Waals surface area contributed by atoms with E-state index < -0.39 is 0 Å². The lowest BCUT2D eigenvalue weighted by atomic mass is 10.1. The summed E-state index contributed by atoms with van der Waals surface area (Å²) in [6, 6.07) is 18.8. The summed E-state index contributed by atoms with van der Waals surface area (Å²) in [5, 5.41) is 11.8. The lowest BCUT2D eigenvalue weighted by molar-refractivity contribution is 0.457. The van der Waals surface area contributed by atoms with Gasteiger partial charge in [-0.05, 0) is 35.0 Å². The van der Waals surface area contributed by atoms with E-state index in [1.807, 2.05) is 42.5 Å². The maximum atomic E-state index is 9.54. The highest BCUT2D eigenvalue weighted by atomic mass is 16.5. The number of benzene rings is 3. The summed E-state index contributed by atoms with van der Waals surface area (Å²) in [7, 11) is 0. The van der Waals surface area contributed by atoms with Crippen molar-refractivity contribution in [2.75, 3.05) is 5.73 Å². The van der Waals surface area contributed by atoms with Crippen molar-refractivity contribution in [3.05, 3.63) is 60.7 Å². The molecule has 0 saturated carbocycles. The van der Waals surface area contributed by atoms with Crippen LogP contribution in [0.5, 0.6) is 17.2 Å². The maximum absolute atomic E-state index is 9.54. The number of aromatic hydroxyl groups is 1. The molecule has 0 aliphatic heterocycles.